The van der Waals surface area contributed by atoms with E-state index < -0.39 is 6.09 Å². The Kier molecular flexibility index (Phi) is 4.02. The molecule has 1 saturated heterocycles. The second-order valence-corrected chi connectivity index (χ2v) is 4.20. The molecule has 0 unspecified atom stereocenters. The Hall–Kier alpha value is -1.78. The largest absolute Gasteiger partial charge is 0.450 e. The molecule has 0 aliphatic carbocycles. The van der Waals surface area contributed by atoms with Crippen LogP contribution in [-0.2, 0) is 4.74 Å². The lowest BCUT2D eigenvalue weighted by Gasteiger charge is -2.21. The highest BCUT2D eigenvalue weighted by molar-refractivity contribution is 5.89. The highest BCUT2D eigenvalue weighted by Crippen LogP contribution is 2.29. The molecule has 98 valence electrons. The zero-order chi connectivity index (χ0) is 13.0. The Balaban J connectivity index is 2.20. The zero-order valence-electron chi connectivity index (χ0n) is 10.4. The molecule has 2 rings (SSSR count). The number of rotatable bonds is 3. The Morgan fingerprint density at radius 2 is 2.17 bits per heavy atom. The van der Waals surface area contributed by atoms with E-state index in [1.165, 1.54) is 12.1 Å². The standard InChI is InChI=1S/C13H17FN2O2/c1-2-18-13(17)15-11-9-10(14)5-6-12(11)16-7-3-4-8-16/h5-6,9H,2-4,7-8H2,1H3,(H,15,17). The van der Waals surface area contributed by atoms with Crippen molar-refractivity contribution in [3.63, 3.8) is 0 Å². The molecule has 0 bridgehead atoms. The quantitative estimate of drug-likeness (QED) is 0.899. The van der Waals surface area contributed by atoms with Crippen LogP contribution in [0.5, 0.6) is 0 Å². The van der Waals surface area contributed by atoms with Crippen LogP contribution in [-0.4, -0.2) is 25.8 Å². The molecule has 1 amide bonds. The van der Waals surface area contributed by atoms with Crippen LogP contribution in [0, 0.1) is 5.82 Å². The fourth-order valence-electron chi connectivity index (χ4n) is 2.12. The predicted octanol–water partition coefficient (Wildman–Crippen LogP) is 2.99. The molecule has 1 aromatic rings. The molecule has 1 aliphatic heterocycles. The molecule has 0 radical (unpaired) electrons. The van der Waals surface area contributed by atoms with Gasteiger partial charge in [-0.15, -0.1) is 0 Å². The maximum atomic E-state index is 13.3. The van der Waals surface area contributed by atoms with E-state index in [9.17, 15) is 9.18 Å². The van der Waals surface area contributed by atoms with Crippen molar-refractivity contribution < 1.29 is 13.9 Å². The molecule has 1 fully saturated rings. The van der Waals surface area contributed by atoms with E-state index in [0.717, 1.165) is 31.6 Å². The monoisotopic (exact) mass is 252 g/mol. The summed E-state index contributed by atoms with van der Waals surface area (Å²) < 4.78 is 18.1. The minimum absolute atomic E-state index is 0.292. The topological polar surface area (TPSA) is 41.6 Å². The molecule has 0 spiro atoms. The van der Waals surface area contributed by atoms with Gasteiger partial charge in [-0.1, -0.05) is 0 Å². The number of hydrogen-bond acceptors (Lipinski definition) is 3. The van der Waals surface area contributed by atoms with E-state index in [0.29, 0.717) is 12.3 Å². The summed E-state index contributed by atoms with van der Waals surface area (Å²) in [6.45, 7) is 3.89. The fourth-order valence-corrected chi connectivity index (χ4v) is 2.12. The maximum absolute atomic E-state index is 13.3. The minimum Gasteiger partial charge on any atom is -0.450 e. The molecule has 4 nitrogen and oxygen atoms in total. The van der Waals surface area contributed by atoms with Crippen molar-refractivity contribution in [2.75, 3.05) is 29.9 Å². The van der Waals surface area contributed by atoms with E-state index >= 15 is 0 Å². The summed E-state index contributed by atoms with van der Waals surface area (Å²) in [6.07, 6.45) is 1.69. The number of ether oxygens (including phenoxy) is 1. The van der Waals surface area contributed by atoms with Gasteiger partial charge in [-0.2, -0.15) is 0 Å². The number of halogens is 1. The van der Waals surface area contributed by atoms with Crippen LogP contribution in [0.4, 0.5) is 20.6 Å². The van der Waals surface area contributed by atoms with Gasteiger partial charge in [0.1, 0.15) is 5.82 Å². The Morgan fingerprint density at radius 1 is 1.44 bits per heavy atom. The third-order valence-electron chi connectivity index (χ3n) is 2.92. The Bertz CT molecular complexity index is 431. The van der Waals surface area contributed by atoms with Crippen molar-refractivity contribution in [3.05, 3.63) is 24.0 Å². The normalized spacial score (nSPS) is 14.7. The van der Waals surface area contributed by atoms with Gasteiger partial charge in [0, 0.05) is 13.1 Å². The molecular formula is C13H17FN2O2. The van der Waals surface area contributed by atoms with Crippen LogP contribution in [0.1, 0.15) is 19.8 Å². The Morgan fingerprint density at radius 3 is 2.83 bits per heavy atom. The molecule has 0 saturated carbocycles. The van der Waals surface area contributed by atoms with Gasteiger partial charge in [0.25, 0.3) is 0 Å². The minimum atomic E-state index is -0.552. The molecule has 18 heavy (non-hydrogen) atoms. The second kappa shape index (κ2) is 5.71. The maximum Gasteiger partial charge on any atom is 0.411 e. The van der Waals surface area contributed by atoms with Crippen molar-refractivity contribution >= 4 is 17.5 Å². The summed E-state index contributed by atoms with van der Waals surface area (Å²) in [5.74, 6) is -0.371. The van der Waals surface area contributed by atoms with Gasteiger partial charge in [0.2, 0.25) is 0 Å². The van der Waals surface area contributed by atoms with Crippen molar-refractivity contribution in [1.82, 2.24) is 0 Å². The van der Waals surface area contributed by atoms with E-state index in [4.69, 9.17) is 4.74 Å². The summed E-state index contributed by atoms with van der Waals surface area (Å²) >= 11 is 0. The number of carbonyl (C=O) groups excluding carboxylic acids is 1. The average molecular weight is 252 g/mol. The van der Waals surface area contributed by atoms with Gasteiger partial charge in [-0.25, -0.2) is 9.18 Å². The molecule has 5 heteroatoms. The third-order valence-corrected chi connectivity index (χ3v) is 2.92. The smallest absolute Gasteiger partial charge is 0.411 e. The first kappa shape index (κ1) is 12.7. The van der Waals surface area contributed by atoms with Crippen molar-refractivity contribution in [2.45, 2.75) is 19.8 Å². The van der Waals surface area contributed by atoms with E-state index in [1.807, 2.05) is 0 Å². The number of benzene rings is 1. The van der Waals surface area contributed by atoms with E-state index in [-0.39, 0.29) is 5.82 Å². The van der Waals surface area contributed by atoms with E-state index in [1.54, 1.807) is 13.0 Å². The van der Waals surface area contributed by atoms with Gasteiger partial charge >= 0.3 is 6.09 Å². The van der Waals surface area contributed by atoms with Crippen LogP contribution in [0.25, 0.3) is 0 Å². The number of hydrogen-bond donors (Lipinski definition) is 1. The summed E-state index contributed by atoms with van der Waals surface area (Å²) in [5, 5.41) is 2.59. The average Bonchev–Trinajstić information content (AvgIpc) is 2.83. The van der Waals surface area contributed by atoms with Crippen LogP contribution in [0.15, 0.2) is 18.2 Å². The van der Waals surface area contributed by atoms with E-state index in [2.05, 4.69) is 10.2 Å². The molecule has 1 aromatic carbocycles. The molecular weight excluding hydrogens is 235 g/mol. The number of anilines is 2. The number of carbonyl (C=O) groups is 1. The van der Waals surface area contributed by atoms with Gasteiger partial charge < -0.3 is 9.64 Å². The SMILES string of the molecule is CCOC(=O)Nc1cc(F)ccc1N1CCCC1. The predicted molar refractivity (Wildman–Crippen MR) is 68.5 cm³/mol. The highest BCUT2D eigenvalue weighted by atomic mass is 19.1. The first-order chi connectivity index (χ1) is 8.70. The summed E-state index contributed by atoms with van der Waals surface area (Å²) in [7, 11) is 0. The first-order valence-corrected chi connectivity index (χ1v) is 6.19. The molecule has 0 aromatic heterocycles. The lowest BCUT2D eigenvalue weighted by molar-refractivity contribution is 0.168. The van der Waals surface area contributed by atoms with Gasteiger partial charge in [0.15, 0.2) is 0 Å². The van der Waals surface area contributed by atoms with Gasteiger partial charge in [-0.3, -0.25) is 5.32 Å². The third kappa shape index (κ3) is 2.91. The molecule has 1 aliphatic rings. The summed E-state index contributed by atoms with van der Waals surface area (Å²) in [4.78, 5) is 13.6. The van der Waals surface area contributed by atoms with Crippen LogP contribution < -0.4 is 10.2 Å². The second-order valence-electron chi connectivity index (χ2n) is 4.20. The highest BCUT2D eigenvalue weighted by Gasteiger charge is 2.17. The number of amides is 1. The van der Waals surface area contributed by atoms with Gasteiger partial charge in [0.05, 0.1) is 18.0 Å². The molecule has 1 N–H and O–H groups in total. The fraction of sp³-hybridized carbons (Fsp3) is 0.462. The van der Waals surface area contributed by atoms with Crippen LogP contribution >= 0.6 is 0 Å². The Labute approximate surface area is 106 Å². The van der Waals surface area contributed by atoms with Crippen LogP contribution in [0.3, 0.4) is 0 Å². The summed E-state index contributed by atoms with van der Waals surface area (Å²) in [5.41, 5.74) is 1.32. The molecule has 1 heterocycles. The zero-order valence-corrected chi connectivity index (χ0v) is 10.4. The van der Waals surface area contributed by atoms with Gasteiger partial charge in [-0.05, 0) is 38.0 Å². The lowest BCUT2D eigenvalue weighted by atomic mass is 10.2. The number of nitrogens with one attached hydrogen (secondary N) is 1. The van der Waals surface area contributed by atoms with Crippen molar-refractivity contribution in [3.8, 4) is 0 Å². The lowest BCUT2D eigenvalue weighted by Crippen LogP contribution is -2.21. The van der Waals surface area contributed by atoms with Crippen molar-refractivity contribution in [2.24, 2.45) is 0 Å². The summed E-state index contributed by atoms with van der Waals surface area (Å²) in [6, 6.07) is 4.43. The van der Waals surface area contributed by atoms with Crippen molar-refractivity contribution in [1.29, 1.82) is 0 Å². The first-order valence-electron chi connectivity index (χ1n) is 6.19. The number of nitrogens with zero attached hydrogens (tertiary/aromatic N) is 1. The van der Waals surface area contributed by atoms with Crippen LogP contribution in [0.2, 0.25) is 0 Å². The molecule has 0 atom stereocenters.